The van der Waals surface area contributed by atoms with Crippen LogP contribution in [0.5, 0.6) is 0 Å². The number of hydrogen-bond acceptors (Lipinski definition) is 7. The minimum atomic E-state index is -3.66. The number of aromatic amines is 1. The third kappa shape index (κ3) is 3.28. The van der Waals surface area contributed by atoms with Crippen molar-refractivity contribution >= 4 is 21.2 Å². The highest BCUT2D eigenvalue weighted by Crippen LogP contribution is 2.55. The molecule has 3 aromatic rings. The number of aromatic nitrogens is 4. The summed E-state index contributed by atoms with van der Waals surface area (Å²) in [5.41, 5.74) is 0. The van der Waals surface area contributed by atoms with Crippen LogP contribution >= 0.6 is 21.2 Å². The summed E-state index contributed by atoms with van der Waals surface area (Å²) in [4.78, 5) is 20.0. The average Bonchev–Trinajstić information content (AvgIpc) is 2.63. The van der Waals surface area contributed by atoms with Crippen molar-refractivity contribution in [1.82, 2.24) is 15.1 Å². The highest BCUT2D eigenvalue weighted by Gasteiger charge is 2.33. The summed E-state index contributed by atoms with van der Waals surface area (Å²) in [6.07, 6.45) is 2.76. The molecule has 0 radical (unpaired) electrons. The van der Waals surface area contributed by atoms with Gasteiger partial charge in [0, 0.05) is 18.5 Å². The van der Waals surface area contributed by atoms with E-state index in [1.165, 1.54) is 30.6 Å². The van der Waals surface area contributed by atoms with Gasteiger partial charge in [-0.05, 0) is 30.3 Å². The highest BCUT2D eigenvalue weighted by molar-refractivity contribution is 8.24. The minimum absolute atomic E-state index is 0.0182. The molecule has 3 rings (SSSR count). The smallest absolute Gasteiger partial charge is 0.288 e. The Hall–Kier alpha value is -2.28. The number of nitrogens with zero attached hydrogens (tertiary/aromatic N) is 3. The van der Waals surface area contributed by atoms with Crippen LogP contribution in [0.1, 0.15) is 0 Å². The van der Waals surface area contributed by atoms with Gasteiger partial charge < -0.3 is 0 Å². The fraction of sp³-hybridized carbons (Fsp3) is 0. The maximum atomic E-state index is 12.2. The SMILES string of the molecule is O=[n+]1[nH]c(S(O)(O)c2ccccn2)ccc1S(O)(O)c1ccccn1. The molecule has 0 amide bonds. The van der Waals surface area contributed by atoms with Gasteiger partial charge in [0.2, 0.25) is 0 Å². The van der Waals surface area contributed by atoms with E-state index >= 15 is 0 Å². The molecule has 3 aromatic heterocycles. The van der Waals surface area contributed by atoms with E-state index < -0.39 is 26.2 Å². The van der Waals surface area contributed by atoms with Crippen molar-refractivity contribution in [2.75, 3.05) is 0 Å². The zero-order valence-electron chi connectivity index (χ0n) is 12.6. The van der Waals surface area contributed by atoms with Crippen molar-refractivity contribution in [3.05, 3.63) is 65.8 Å². The number of pyridine rings is 2. The Morgan fingerprint density at radius 2 is 1.36 bits per heavy atom. The Bertz CT molecular complexity index is 935. The van der Waals surface area contributed by atoms with Crippen LogP contribution in [-0.2, 0) is 0 Å². The topological polar surface area (TPSA) is 145 Å². The molecule has 0 spiro atoms. The molecule has 0 saturated heterocycles. The number of nitrogens with one attached hydrogen (secondary N) is 1. The van der Waals surface area contributed by atoms with Crippen LogP contribution in [-0.4, -0.2) is 33.3 Å². The highest BCUT2D eigenvalue weighted by atomic mass is 32.3. The van der Waals surface area contributed by atoms with Gasteiger partial charge in [0.1, 0.15) is 0 Å². The Morgan fingerprint density at radius 3 is 1.84 bits per heavy atom. The normalized spacial score (nSPS) is 13.4. The first-order valence-electron chi connectivity index (χ1n) is 6.88. The first-order chi connectivity index (χ1) is 11.8. The first-order valence-corrected chi connectivity index (χ1v) is 9.97. The molecule has 0 bridgehead atoms. The molecule has 0 saturated carbocycles. The molecule has 25 heavy (non-hydrogen) atoms. The van der Waals surface area contributed by atoms with Gasteiger partial charge in [0.15, 0.2) is 19.6 Å². The Kier molecular flexibility index (Phi) is 4.60. The maximum absolute atomic E-state index is 12.2. The monoisotopic (exact) mass is 383 g/mol. The minimum Gasteiger partial charge on any atom is -0.288 e. The Balaban J connectivity index is 2.04. The summed E-state index contributed by atoms with van der Waals surface area (Å²) < 4.78 is 41.5. The van der Waals surface area contributed by atoms with Crippen molar-refractivity contribution in [2.45, 2.75) is 20.1 Å². The van der Waals surface area contributed by atoms with E-state index in [2.05, 4.69) is 15.1 Å². The van der Waals surface area contributed by atoms with E-state index in [4.69, 9.17) is 0 Å². The summed E-state index contributed by atoms with van der Waals surface area (Å²) in [5.74, 6) is 0. The lowest BCUT2D eigenvalue weighted by Gasteiger charge is -2.29. The third-order valence-corrected chi connectivity index (χ3v) is 6.62. The van der Waals surface area contributed by atoms with Crippen molar-refractivity contribution in [3.8, 4) is 0 Å². The lowest BCUT2D eigenvalue weighted by Crippen LogP contribution is -2.28. The van der Waals surface area contributed by atoms with Crippen LogP contribution in [0.25, 0.3) is 0 Å². The van der Waals surface area contributed by atoms with Crippen molar-refractivity contribution < 1.29 is 22.8 Å². The molecule has 3 heterocycles. The standard InChI is InChI=1S/C14H14N4O5S2/c19-18-14(25(22,23)12-6-2-4-10-16-12)8-7-13(17-18)24(20,21)11-5-1-3-9-15-11/h1-10H,(H4-,17,19,20,21,22,23)/p+1. The van der Waals surface area contributed by atoms with Crippen LogP contribution < -0.4 is 4.54 Å². The van der Waals surface area contributed by atoms with E-state index in [0.29, 0.717) is 0 Å². The van der Waals surface area contributed by atoms with Gasteiger partial charge >= 0.3 is 5.03 Å². The second-order valence-electron chi connectivity index (χ2n) is 4.88. The van der Waals surface area contributed by atoms with Gasteiger partial charge in [-0.25, -0.2) is 9.97 Å². The number of H-pyrrole nitrogens is 1. The fourth-order valence-electron chi connectivity index (χ4n) is 2.03. The van der Waals surface area contributed by atoms with E-state index in [0.717, 1.165) is 6.07 Å². The van der Waals surface area contributed by atoms with Gasteiger partial charge in [-0.1, -0.05) is 27.8 Å². The molecule has 0 aromatic carbocycles. The van der Waals surface area contributed by atoms with Crippen molar-refractivity contribution in [1.29, 1.82) is 0 Å². The molecule has 5 N–H and O–H groups in total. The summed E-state index contributed by atoms with van der Waals surface area (Å²) in [6.45, 7) is 0. The van der Waals surface area contributed by atoms with Gasteiger partial charge in [-0.3, -0.25) is 18.2 Å². The lowest BCUT2D eigenvalue weighted by molar-refractivity contribution is -0.610. The van der Waals surface area contributed by atoms with Crippen LogP contribution in [0.4, 0.5) is 0 Å². The quantitative estimate of drug-likeness (QED) is 0.435. The first kappa shape index (κ1) is 17.5. The summed E-state index contributed by atoms with van der Waals surface area (Å²) >= 11 is 0. The Morgan fingerprint density at radius 1 is 0.800 bits per heavy atom. The van der Waals surface area contributed by atoms with Gasteiger partial charge in [0.25, 0.3) is 0 Å². The zero-order chi connectivity index (χ0) is 18.1. The summed E-state index contributed by atoms with van der Waals surface area (Å²) in [7, 11) is -7.20. The zero-order valence-corrected chi connectivity index (χ0v) is 14.3. The van der Waals surface area contributed by atoms with E-state index in [1.54, 1.807) is 24.3 Å². The van der Waals surface area contributed by atoms with E-state index in [1.807, 2.05) is 0 Å². The molecular formula is C14H15N4O5S2+. The van der Waals surface area contributed by atoms with Crippen LogP contribution in [0, 0.1) is 4.91 Å². The van der Waals surface area contributed by atoms with E-state index in [9.17, 15) is 23.1 Å². The molecule has 0 fully saturated rings. The van der Waals surface area contributed by atoms with E-state index in [-0.39, 0.29) is 19.6 Å². The molecular weight excluding hydrogens is 368 g/mol. The molecule has 0 aliphatic rings. The van der Waals surface area contributed by atoms with Crippen LogP contribution in [0.15, 0.2) is 81.0 Å². The predicted molar refractivity (Wildman–Crippen MR) is 91.4 cm³/mol. The fourth-order valence-corrected chi connectivity index (χ4v) is 4.42. The molecule has 9 nitrogen and oxygen atoms in total. The average molecular weight is 383 g/mol. The third-order valence-electron chi connectivity index (χ3n) is 3.25. The lowest BCUT2D eigenvalue weighted by atomic mass is 10.5. The van der Waals surface area contributed by atoms with Gasteiger partial charge in [-0.2, -0.15) is 0 Å². The predicted octanol–water partition coefficient (Wildman–Crippen LogP) is 3.06. The Labute approximate surface area is 145 Å². The van der Waals surface area contributed by atoms with Gasteiger partial charge in [0.05, 0.1) is 4.91 Å². The van der Waals surface area contributed by atoms with Crippen LogP contribution in [0.2, 0.25) is 0 Å². The van der Waals surface area contributed by atoms with Crippen LogP contribution in [0.3, 0.4) is 0 Å². The molecule has 11 heteroatoms. The molecule has 0 atom stereocenters. The second-order valence-corrected chi connectivity index (χ2v) is 8.77. The summed E-state index contributed by atoms with van der Waals surface area (Å²) in [5, 5.41) is 1.53. The van der Waals surface area contributed by atoms with Gasteiger partial charge in [-0.15, -0.1) is 10.6 Å². The summed E-state index contributed by atoms with van der Waals surface area (Å²) in [6, 6.07) is 11.4. The van der Waals surface area contributed by atoms with Crippen molar-refractivity contribution in [3.63, 3.8) is 0 Å². The second kappa shape index (κ2) is 6.55. The molecule has 0 unspecified atom stereocenters. The number of hydrogen-bond donors (Lipinski definition) is 5. The maximum Gasteiger partial charge on any atom is 0.385 e. The molecule has 0 aliphatic heterocycles. The molecule has 0 aliphatic carbocycles. The van der Waals surface area contributed by atoms with Crippen molar-refractivity contribution in [2.24, 2.45) is 0 Å². The number of rotatable bonds is 4. The largest absolute Gasteiger partial charge is 0.385 e. The molecule has 132 valence electrons.